The van der Waals surface area contributed by atoms with Crippen LogP contribution in [0.1, 0.15) is 99.3 Å². The number of aryl methyl sites for hydroxylation is 2. The summed E-state index contributed by atoms with van der Waals surface area (Å²) < 4.78 is 78.6. The second-order valence-electron chi connectivity index (χ2n) is 21.0. The van der Waals surface area contributed by atoms with Gasteiger partial charge < -0.3 is 35.8 Å². The quantitative estimate of drug-likeness (QED) is 0.0533. The third-order valence-corrected chi connectivity index (χ3v) is 15.3. The van der Waals surface area contributed by atoms with Crippen LogP contribution in [0.2, 0.25) is 0 Å². The maximum atomic E-state index is 13.3. The van der Waals surface area contributed by atoms with Crippen LogP contribution in [0.3, 0.4) is 0 Å². The van der Waals surface area contributed by atoms with Gasteiger partial charge in [0.15, 0.2) is 0 Å². The number of nitro benzene ring substituents is 2. The average Bonchev–Trinajstić information content (AvgIpc) is 3.40. The van der Waals surface area contributed by atoms with E-state index in [0.29, 0.717) is 57.3 Å². The van der Waals surface area contributed by atoms with Crippen molar-refractivity contribution in [1.29, 1.82) is 0 Å². The summed E-state index contributed by atoms with van der Waals surface area (Å²) >= 11 is 0. The predicted octanol–water partition coefficient (Wildman–Crippen LogP) is 12.4. The lowest BCUT2D eigenvalue weighted by atomic mass is 9.84. The first-order valence-corrected chi connectivity index (χ1v) is 26.5. The highest BCUT2D eigenvalue weighted by Gasteiger charge is 2.40. The van der Waals surface area contributed by atoms with Crippen LogP contribution in [-0.4, -0.2) is 97.2 Å². The van der Waals surface area contributed by atoms with E-state index < -0.39 is 56.6 Å². The number of hydrogen-bond acceptors (Lipinski definition) is 11. The zero-order valence-electron chi connectivity index (χ0n) is 44.2. The highest BCUT2D eigenvalue weighted by Crippen LogP contribution is 2.40. The first kappa shape index (κ1) is 59.6. The third-order valence-electron chi connectivity index (χ3n) is 15.3. The number of amides is 1. The number of anilines is 4. The molecule has 8 rings (SSSR count). The van der Waals surface area contributed by atoms with E-state index in [-0.39, 0.29) is 35.3 Å². The molecule has 4 aromatic rings. The largest absolute Gasteiger partial charge is 0.481 e. The summed E-state index contributed by atoms with van der Waals surface area (Å²) in [5.41, 5.74) is 1.05. The Morgan fingerprint density at radius 1 is 0.597 bits per heavy atom. The summed E-state index contributed by atoms with van der Waals surface area (Å²) in [4.78, 5) is 50.3. The van der Waals surface area contributed by atoms with Crippen LogP contribution < -0.4 is 25.8 Å². The summed E-state index contributed by atoms with van der Waals surface area (Å²) in [5.74, 6) is 0.0986. The fourth-order valence-corrected chi connectivity index (χ4v) is 10.8. The van der Waals surface area contributed by atoms with Crippen molar-refractivity contribution in [3.8, 4) is 0 Å². The zero-order chi connectivity index (χ0) is 56.0. The van der Waals surface area contributed by atoms with E-state index in [1.165, 1.54) is 67.1 Å². The SMILES string of the molecule is CNCC1CCN(c2ccc(C)cc2)CC1.Cc1ccc(N2CCC(CN(C)C(=O)C3CCC(Nc4ccc([N+](=O)[O-])c(C(F)(F)F)c4)CC3)CC2)cc1.O=C(O)C1CCC(Nc2ccc([N+](=O)[O-])c(C(F)(F)F)c2)CC1. The van der Waals surface area contributed by atoms with E-state index in [0.717, 1.165) is 62.7 Å². The smallest absolute Gasteiger partial charge is 0.423 e. The van der Waals surface area contributed by atoms with E-state index in [9.17, 15) is 56.2 Å². The van der Waals surface area contributed by atoms with Gasteiger partial charge in [-0.3, -0.25) is 29.8 Å². The van der Waals surface area contributed by atoms with Gasteiger partial charge >= 0.3 is 18.3 Å². The molecular weight excluding hydrogens is 1010 g/mol. The normalized spacial score (nSPS) is 20.4. The number of benzene rings is 4. The predicted molar refractivity (Wildman–Crippen MR) is 286 cm³/mol. The molecule has 4 aromatic carbocycles. The summed E-state index contributed by atoms with van der Waals surface area (Å²) in [6.45, 7) is 10.5. The minimum Gasteiger partial charge on any atom is -0.481 e. The molecular formula is C56H72F6N8O7. The minimum atomic E-state index is -4.82. The van der Waals surface area contributed by atoms with Gasteiger partial charge in [-0.2, -0.15) is 26.3 Å². The minimum absolute atomic E-state index is 0.0852. The number of carboxylic acids is 1. The van der Waals surface area contributed by atoms with E-state index in [2.05, 4.69) is 88.1 Å². The van der Waals surface area contributed by atoms with Crippen LogP contribution in [0.5, 0.6) is 0 Å². The van der Waals surface area contributed by atoms with Crippen molar-refractivity contribution in [2.75, 3.05) is 73.8 Å². The second-order valence-corrected chi connectivity index (χ2v) is 21.0. The lowest BCUT2D eigenvalue weighted by Gasteiger charge is -2.36. The standard InChI is InChI=1S/C28H35F3N4O3.C14H15F3N2O4.C14H22N2/c1-19-3-10-24(11-4-19)34-15-13-20(14-16-34)18-33(2)27(36)21-5-7-22(8-6-21)32-23-9-12-26(35(37)38)25(17-23)28(29,30)31;15-14(16,17)11-7-10(5-6-12(11)19(22)23)18-9-3-1-8(2-4-9)13(20)21;1-12-3-5-14(6-4-12)16-9-7-13(8-10-16)11-15-2/h3-4,9-12,17,20-22,32H,5-8,13-16,18H2,1-2H3;5-9,18H,1-4H2,(H,20,21);3-6,13,15H,7-11H2,1-2H3. The molecule has 0 unspecified atom stereocenters. The molecule has 0 aromatic heterocycles. The molecule has 4 fully saturated rings. The second kappa shape index (κ2) is 27.1. The Balaban J connectivity index is 0.000000208. The third kappa shape index (κ3) is 17.4. The van der Waals surface area contributed by atoms with Crippen LogP contribution in [0.15, 0.2) is 84.9 Å². The van der Waals surface area contributed by atoms with E-state index in [4.69, 9.17) is 5.11 Å². The Morgan fingerprint density at radius 3 is 1.32 bits per heavy atom. The Kier molecular flexibility index (Phi) is 21.0. The molecule has 0 bridgehead atoms. The Morgan fingerprint density at radius 2 is 0.974 bits per heavy atom. The highest BCUT2D eigenvalue weighted by atomic mass is 19.4. The Hall–Kier alpha value is -6.64. The van der Waals surface area contributed by atoms with Crippen LogP contribution in [0.25, 0.3) is 0 Å². The number of carbonyl (C=O) groups excluding carboxylic acids is 1. The zero-order valence-corrected chi connectivity index (χ0v) is 44.2. The van der Waals surface area contributed by atoms with Gasteiger partial charge in [0.2, 0.25) is 5.91 Å². The molecule has 2 aliphatic carbocycles. The number of nitro groups is 2. The number of hydrogen-bond donors (Lipinski definition) is 4. The van der Waals surface area contributed by atoms with Gasteiger partial charge in [-0.15, -0.1) is 0 Å². The molecule has 77 heavy (non-hydrogen) atoms. The molecule has 4 aliphatic rings. The Labute approximate surface area is 446 Å². The molecule has 0 atom stereocenters. The van der Waals surface area contributed by atoms with Gasteiger partial charge in [-0.05, 0) is 165 Å². The molecule has 2 aliphatic heterocycles. The van der Waals surface area contributed by atoms with Crippen molar-refractivity contribution in [2.45, 2.75) is 115 Å². The Bertz CT molecular complexity index is 2570. The molecule has 1 amide bonds. The molecule has 420 valence electrons. The lowest BCUT2D eigenvalue weighted by molar-refractivity contribution is -0.388. The highest BCUT2D eigenvalue weighted by molar-refractivity contribution is 5.78. The van der Waals surface area contributed by atoms with Crippen molar-refractivity contribution in [3.05, 3.63) is 127 Å². The number of nitrogens with zero attached hydrogens (tertiary/aromatic N) is 5. The average molecular weight is 1080 g/mol. The molecule has 15 nitrogen and oxygen atoms in total. The number of carboxylic acid groups (broad SMARTS) is 1. The van der Waals surface area contributed by atoms with Gasteiger partial charge in [0.1, 0.15) is 11.1 Å². The van der Waals surface area contributed by atoms with Crippen LogP contribution in [-0.2, 0) is 21.9 Å². The van der Waals surface area contributed by atoms with Crippen LogP contribution in [0.4, 0.5) is 60.5 Å². The molecule has 0 radical (unpaired) electrons. The molecule has 2 saturated carbocycles. The molecule has 4 N–H and O–H groups in total. The van der Waals surface area contributed by atoms with E-state index >= 15 is 0 Å². The molecule has 0 spiro atoms. The van der Waals surface area contributed by atoms with Crippen molar-refractivity contribution in [3.63, 3.8) is 0 Å². The van der Waals surface area contributed by atoms with Crippen LogP contribution in [0, 0.1) is 57.7 Å². The fourth-order valence-electron chi connectivity index (χ4n) is 10.8. The number of nitrogens with one attached hydrogen (secondary N) is 3. The molecule has 2 heterocycles. The maximum absolute atomic E-state index is 13.3. The van der Waals surface area contributed by atoms with Gasteiger partial charge in [0, 0.05) is 92.7 Å². The maximum Gasteiger partial charge on any atom is 0.423 e. The lowest BCUT2D eigenvalue weighted by Crippen LogP contribution is -2.42. The van der Waals surface area contributed by atoms with Crippen LogP contribution >= 0.6 is 0 Å². The van der Waals surface area contributed by atoms with Crippen molar-refractivity contribution < 1.29 is 50.9 Å². The van der Waals surface area contributed by atoms with Gasteiger partial charge in [-0.25, -0.2) is 0 Å². The number of halogens is 6. The number of rotatable bonds is 14. The molecule has 2 saturated heterocycles. The summed E-state index contributed by atoms with van der Waals surface area (Å²) in [6, 6.07) is 23.0. The number of piperidine rings is 2. The van der Waals surface area contributed by atoms with Crippen molar-refractivity contribution >= 4 is 46.0 Å². The van der Waals surface area contributed by atoms with E-state index in [1.54, 1.807) is 0 Å². The van der Waals surface area contributed by atoms with Gasteiger partial charge in [0.25, 0.3) is 11.4 Å². The number of alkyl halides is 6. The number of carbonyl (C=O) groups is 2. The van der Waals surface area contributed by atoms with Gasteiger partial charge in [-0.1, -0.05) is 35.4 Å². The molecule has 21 heteroatoms. The van der Waals surface area contributed by atoms with Gasteiger partial charge in [0.05, 0.1) is 15.8 Å². The first-order valence-electron chi connectivity index (χ1n) is 26.5. The fraction of sp³-hybridized carbons (Fsp3) is 0.536. The first-order chi connectivity index (χ1) is 36.5. The topological polar surface area (TPSA) is 186 Å². The van der Waals surface area contributed by atoms with Crippen molar-refractivity contribution in [2.24, 2.45) is 23.7 Å². The van der Waals surface area contributed by atoms with Crippen molar-refractivity contribution in [1.82, 2.24) is 10.2 Å². The summed E-state index contributed by atoms with van der Waals surface area (Å²) in [5, 5.41) is 39.9. The summed E-state index contributed by atoms with van der Waals surface area (Å²) in [6.07, 6.45) is -0.360. The summed E-state index contributed by atoms with van der Waals surface area (Å²) in [7, 11) is 3.92. The number of aliphatic carboxylic acids is 1. The monoisotopic (exact) mass is 1080 g/mol. The van der Waals surface area contributed by atoms with E-state index in [1.807, 2.05) is 19.0 Å².